The van der Waals surface area contributed by atoms with Gasteiger partial charge in [0.2, 0.25) is 5.91 Å². The minimum atomic E-state index is -2.46. The number of rotatable bonds is 2. The van der Waals surface area contributed by atoms with Gasteiger partial charge in [-0.15, -0.1) is 0 Å². The molecule has 0 aliphatic heterocycles. The average Bonchev–Trinajstić information content (AvgIpc) is 2.68. The second-order valence-electron chi connectivity index (χ2n) is 7.27. The van der Waals surface area contributed by atoms with Gasteiger partial charge in [0.15, 0.2) is 0 Å². The van der Waals surface area contributed by atoms with E-state index in [0.717, 1.165) is 19.3 Å². The highest BCUT2D eigenvalue weighted by Gasteiger charge is 2.75. The van der Waals surface area contributed by atoms with Gasteiger partial charge in [-0.05, 0) is 43.9 Å². The fourth-order valence-corrected chi connectivity index (χ4v) is 4.62. The van der Waals surface area contributed by atoms with E-state index in [0.29, 0.717) is 24.7 Å². The Balaban J connectivity index is 1.28. The first-order valence-electron chi connectivity index (χ1n) is 7.34. The lowest BCUT2D eigenvalue weighted by Crippen LogP contribution is -2.48. The summed E-state index contributed by atoms with van der Waals surface area (Å²) in [7, 11) is 0. The summed E-state index contributed by atoms with van der Waals surface area (Å²) in [6, 6.07) is 0.257. The Morgan fingerprint density at radius 3 is 2.42 bits per heavy atom. The van der Waals surface area contributed by atoms with Crippen molar-refractivity contribution in [3.8, 4) is 0 Å². The monoisotopic (exact) mass is 270 g/mol. The van der Waals surface area contributed by atoms with E-state index in [-0.39, 0.29) is 30.3 Å². The van der Waals surface area contributed by atoms with Crippen molar-refractivity contribution >= 4 is 5.91 Å². The van der Waals surface area contributed by atoms with Crippen LogP contribution in [0.3, 0.4) is 0 Å². The summed E-state index contributed by atoms with van der Waals surface area (Å²) >= 11 is 0. The first-order valence-corrected chi connectivity index (χ1v) is 7.34. The molecule has 19 heavy (non-hydrogen) atoms. The minimum Gasteiger partial charge on any atom is -0.353 e. The van der Waals surface area contributed by atoms with Crippen LogP contribution in [-0.4, -0.2) is 23.9 Å². The van der Waals surface area contributed by atoms with Crippen LogP contribution in [0.2, 0.25) is 0 Å². The summed E-state index contributed by atoms with van der Waals surface area (Å²) < 4.78 is 26.1. The fraction of sp³-hybridized carbons (Fsp3) is 0.929. The Morgan fingerprint density at radius 1 is 1.21 bits per heavy atom. The van der Waals surface area contributed by atoms with Gasteiger partial charge >= 0.3 is 0 Å². The number of carbonyl (C=O) groups is 1. The molecule has 4 unspecified atom stereocenters. The van der Waals surface area contributed by atoms with Gasteiger partial charge in [-0.3, -0.25) is 4.79 Å². The van der Waals surface area contributed by atoms with Gasteiger partial charge in [0, 0.05) is 29.8 Å². The Bertz CT molecular complexity index is 433. The number of nitrogens with two attached hydrogens (primary N) is 1. The molecule has 0 aromatic heterocycles. The molecule has 1 amide bonds. The molecule has 4 aliphatic rings. The highest BCUT2D eigenvalue weighted by Crippen LogP contribution is 2.70. The van der Waals surface area contributed by atoms with Crippen LogP contribution in [0.4, 0.5) is 8.78 Å². The summed E-state index contributed by atoms with van der Waals surface area (Å²) in [6.07, 6.45) is 3.83. The summed E-state index contributed by atoms with van der Waals surface area (Å²) in [5, 5.41) is 2.96. The lowest BCUT2D eigenvalue weighted by Gasteiger charge is -2.37. The molecule has 1 spiro atoms. The van der Waals surface area contributed by atoms with Crippen LogP contribution >= 0.6 is 0 Å². The molecule has 0 aromatic carbocycles. The Labute approximate surface area is 111 Å². The van der Waals surface area contributed by atoms with E-state index < -0.39 is 11.3 Å². The predicted molar refractivity (Wildman–Crippen MR) is 65.5 cm³/mol. The highest BCUT2D eigenvalue weighted by atomic mass is 19.3. The molecule has 3 N–H and O–H groups in total. The molecule has 4 atom stereocenters. The first-order chi connectivity index (χ1) is 8.90. The number of hydrogen-bond donors (Lipinski definition) is 2. The van der Waals surface area contributed by atoms with Gasteiger partial charge in [-0.2, -0.15) is 0 Å². The maximum Gasteiger partial charge on any atom is 0.254 e. The second-order valence-corrected chi connectivity index (χ2v) is 7.27. The van der Waals surface area contributed by atoms with E-state index >= 15 is 0 Å². The third kappa shape index (κ3) is 1.60. The largest absolute Gasteiger partial charge is 0.353 e. The third-order valence-corrected chi connectivity index (χ3v) is 6.08. The van der Waals surface area contributed by atoms with Crippen molar-refractivity contribution in [1.29, 1.82) is 0 Å². The standard InChI is InChI=1S/C14H20F2N2O/c15-14(16)6-13(14)4-9(5-13)18-12(19)8-1-7-3-11(17)10(7)2-8/h7-11H,1-6,17H2,(H,18,19). The van der Waals surface area contributed by atoms with E-state index in [1.807, 2.05) is 0 Å². The van der Waals surface area contributed by atoms with Gasteiger partial charge in [0.1, 0.15) is 0 Å². The molecule has 106 valence electrons. The van der Waals surface area contributed by atoms with E-state index in [4.69, 9.17) is 5.73 Å². The number of nitrogens with one attached hydrogen (secondary N) is 1. The molecule has 4 rings (SSSR count). The van der Waals surface area contributed by atoms with E-state index in [9.17, 15) is 13.6 Å². The van der Waals surface area contributed by atoms with Crippen molar-refractivity contribution in [2.45, 2.75) is 56.5 Å². The Hall–Kier alpha value is -0.710. The SMILES string of the molecule is NC1CC2CC(C(=O)NC3CC4(C3)CC4(F)F)CC12. The number of carbonyl (C=O) groups excluding carboxylic acids is 1. The van der Waals surface area contributed by atoms with Crippen molar-refractivity contribution in [2.24, 2.45) is 28.9 Å². The van der Waals surface area contributed by atoms with Gasteiger partial charge in [-0.1, -0.05) is 0 Å². The number of amides is 1. The summed E-state index contributed by atoms with van der Waals surface area (Å²) in [5.41, 5.74) is 5.18. The zero-order valence-electron chi connectivity index (χ0n) is 10.9. The Morgan fingerprint density at radius 2 is 1.89 bits per heavy atom. The molecule has 4 saturated carbocycles. The molecule has 0 saturated heterocycles. The van der Waals surface area contributed by atoms with Crippen molar-refractivity contribution in [2.75, 3.05) is 0 Å². The molecular weight excluding hydrogens is 250 g/mol. The van der Waals surface area contributed by atoms with Crippen molar-refractivity contribution < 1.29 is 13.6 Å². The lowest BCUT2D eigenvalue weighted by atomic mass is 9.72. The fourth-order valence-electron chi connectivity index (χ4n) is 4.62. The van der Waals surface area contributed by atoms with E-state index in [1.54, 1.807) is 0 Å². The molecule has 0 radical (unpaired) electrons. The molecule has 0 heterocycles. The second kappa shape index (κ2) is 3.48. The summed E-state index contributed by atoms with van der Waals surface area (Å²) in [5.74, 6) is -1.17. The Kier molecular flexibility index (Phi) is 2.21. The predicted octanol–water partition coefficient (Wildman–Crippen LogP) is 1.66. The highest BCUT2D eigenvalue weighted by molar-refractivity contribution is 5.79. The minimum absolute atomic E-state index is 0.0206. The van der Waals surface area contributed by atoms with Crippen LogP contribution in [0.5, 0.6) is 0 Å². The van der Waals surface area contributed by atoms with Crippen molar-refractivity contribution in [3.05, 3.63) is 0 Å². The van der Waals surface area contributed by atoms with Crippen LogP contribution in [-0.2, 0) is 4.79 Å². The van der Waals surface area contributed by atoms with Crippen molar-refractivity contribution in [1.82, 2.24) is 5.32 Å². The topological polar surface area (TPSA) is 55.1 Å². The number of fused-ring (bicyclic) bond motifs is 1. The maximum absolute atomic E-state index is 13.1. The zero-order chi connectivity index (χ0) is 13.4. The van der Waals surface area contributed by atoms with Crippen LogP contribution in [0.15, 0.2) is 0 Å². The first kappa shape index (κ1) is 12.1. The molecule has 0 bridgehead atoms. The zero-order valence-corrected chi connectivity index (χ0v) is 10.9. The van der Waals surface area contributed by atoms with Gasteiger partial charge in [0.25, 0.3) is 5.92 Å². The number of hydrogen-bond acceptors (Lipinski definition) is 2. The van der Waals surface area contributed by atoms with E-state index in [1.165, 1.54) is 0 Å². The molecule has 4 aliphatic carbocycles. The van der Waals surface area contributed by atoms with Gasteiger partial charge in [0.05, 0.1) is 0 Å². The number of alkyl halides is 2. The average molecular weight is 270 g/mol. The molecule has 0 aromatic rings. The molecular formula is C14H20F2N2O. The normalized spacial score (nSPS) is 53.1. The number of halogens is 2. The van der Waals surface area contributed by atoms with Crippen LogP contribution < -0.4 is 11.1 Å². The molecule has 4 fully saturated rings. The van der Waals surface area contributed by atoms with Gasteiger partial charge in [-0.25, -0.2) is 8.78 Å². The lowest BCUT2D eigenvalue weighted by molar-refractivity contribution is -0.127. The van der Waals surface area contributed by atoms with E-state index in [2.05, 4.69) is 5.32 Å². The van der Waals surface area contributed by atoms with Crippen LogP contribution in [0.1, 0.15) is 38.5 Å². The molecule has 5 heteroatoms. The van der Waals surface area contributed by atoms with Gasteiger partial charge < -0.3 is 11.1 Å². The van der Waals surface area contributed by atoms with Crippen molar-refractivity contribution in [3.63, 3.8) is 0 Å². The summed E-state index contributed by atoms with van der Waals surface area (Å²) in [6.45, 7) is 0. The summed E-state index contributed by atoms with van der Waals surface area (Å²) in [4.78, 5) is 12.1. The smallest absolute Gasteiger partial charge is 0.254 e. The van der Waals surface area contributed by atoms with Crippen LogP contribution in [0, 0.1) is 23.2 Å². The maximum atomic E-state index is 13.1. The quantitative estimate of drug-likeness (QED) is 0.802. The van der Waals surface area contributed by atoms with Crippen LogP contribution in [0.25, 0.3) is 0 Å². The molecule has 3 nitrogen and oxygen atoms in total. The third-order valence-electron chi connectivity index (χ3n) is 6.08.